The van der Waals surface area contributed by atoms with Gasteiger partial charge in [0.2, 0.25) is 5.91 Å². The Labute approximate surface area is 180 Å². The number of rotatable bonds is 7. The number of carbonyl (C=O) groups is 2. The van der Waals surface area contributed by atoms with E-state index < -0.39 is 6.10 Å². The van der Waals surface area contributed by atoms with E-state index in [0.29, 0.717) is 25.5 Å². The molecule has 4 rings (SSSR count). The van der Waals surface area contributed by atoms with Crippen LogP contribution in [0, 0.1) is 0 Å². The highest BCUT2D eigenvalue weighted by Crippen LogP contribution is 2.18. The number of aromatic nitrogens is 4. The summed E-state index contributed by atoms with van der Waals surface area (Å²) in [6.07, 6.45) is 3.45. The molecule has 0 spiro atoms. The molecular formula is C20H28N8O3. The summed E-state index contributed by atoms with van der Waals surface area (Å²) in [7, 11) is 1.92. The van der Waals surface area contributed by atoms with E-state index in [1.165, 1.54) is 17.6 Å². The number of hydrogen-bond donors (Lipinski definition) is 3. The van der Waals surface area contributed by atoms with E-state index >= 15 is 0 Å². The summed E-state index contributed by atoms with van der Waals surface area (Å²) in [5.74, 6) is 0.218. The first-order valence-corrected chi connectivity index (χ1v) is 10.4. The Hall–Kier alpha value is -3.05. The number of aryl methyl sites for hydroxylation is 1. The number of nitrogens with one attached hydrogen (secondary N) is 2. The highest BCUT2D eigenvalue weighted by Gasteiger charge is 2.28. The Morgan fingerprint density at radius 1 is 1.32 bits per heavy atom. The number of fused-ring (bicyclic) bond motifs is 1. The minimum atomic E-state index is -0.689. The van der Waals surface area contributed by atoms with Crippen LogP contribution in [0.5, 0.6) is 0 Å². The molecule has 2 aromatic rings. The van der Waals surface area contributed by atoms with Gasteiger partial charge in [0.05, 0.1) is 24.0 Å². The number of carbonyl (C=O) groups excluding carboxylic acids is 2. The lowest BCUT2D eigenvalue weighted by atomic mass is 10.1. The minimum absolute atomic E-state index is 0.0460. The predicted octanol–water partition coefficient (Wildman–Crippen LogP) is -0.998. The Kier molecular flexibility index (Phi) is 6.14. The van der Waals surface area contributed by atoms with Crippen LogP contribution in [-0.2, 0) is 24.8 Å². The third-order valence-electron chi connectivity index (χ3n) is 5.76. The van der Waals surface area contributed by atoms with Gasteiger partial charge in [-0.15, -0.1) is 0 Å². The van der Waals surface area contributed by atoms with Gasteiger partial charge in [-0.05, 0) is 12.0 Å². The predicted molar refractivity (Wildman–Crippen MR) is 112 cm³/mol. The molecule has 2 aromatic heterocycles. The molecule has 1 saturated heterocycles. The minimum Gasteiger partial charge on any atom is -0.390 e. The van der Waals surface area contributed by atoms with E-state index in [9.17, 15) is 14.7 Å². The molecule has 11 heteroatoms. The van der Waals surface area contributed by atoms with Crippen molar-refractivity contribution in [1.82, 2.24) is 34.9 Å². The monoisotopic (exact) mass is 428 g/mol. The first kappa shape index (κ1) is 21.2. The maximum Gasteiger partial charge on any atom is 0.270 e. The SMILES string of the molecule is CC(=O)N1CC(Nc2cc(C(=O)NC[C@H](O)CN3CCc4cnn(C)c4C3)ncn2)C1. The van der Waals surface area contributed by atoms with E-state index in [1.807, 2.05) is 17.9 Å². The lowest BCUT2D eigenvalue weighted by Crippen LogP contribution is -2.56. The molecule has 2 aliphatic heterocycles. The Balaban J connectivity index is 1.23. The van der Waals surface area contributed by atoms with Gasteiger partial charge in [0.25, 0.3) is 5.91 Å². The zero-order valence-corrected chi connectivity index (χ0v) is 17.8. The van der Waals surface area contributed by atoms with Gasteiger partial charge >= 0.3 is 0 Å². The maximum atomic E-state index is 12.5. The molecule has 0 radical (unpaired) electrons. The molecule has 11 nitrogen and oxygen atoms in total. The summed E-state index contributed by atoms with van der Waals surface area (Å²) < 4.78 is 1.87. The number of likely N-dealkylation sites (tertiary alicyclic amines) is 1. The van der Waals surface area contributed by atoms with Gasteiger partial charge in [0.15, 0.2) is 0 Å². The fourth-order valence-electron chi connectivity index (χ4n) is 3.91. The van der Waals surface area contributed by atoms with Crippen molar-refractivity contribution in [3.63, 3.8) is 0 Å². The highest BCUT2D eigenvalue weighted by molar-refractivity contribution is 5.92. The Morgan fingerprint density at radius 3 is 2.90 bits per heavy atom. The fraction of sp³-hybridized carbons (Fsp3) is 0.550. The first-order valence-electron chi connectivity index (χ1n) is 10.4. The number of anilines is 1. The van der Waals surface area contributed by atoms with Crippen molar-refractivity contribution in [2.24, 2.45) is 7.05 Å². The largest absolute Gasteiger partial charge is 0.390 e. The molecule has 0 bridgehead atoms. The lowest BCUT2D eigenvalue weighted by Gasteiger charge is -2.39. The molecule has 31 heavy (non-hydrogen) atoms. The normalized spacial score (nSPS) is 17.6. The average Bonchev–Trinajstić information content (AvgIpc) is 3.09. The quantitative estimate of drug-likeness (QED) is 0.512. The number of aliphatic hydroxyl groups excluding tert-OH is 1. The van der Waals surface area contributed by atoms with Crippen LogP contribution in [0.15, 0.2) is 18.6 Å². The van der Waals surface area contributed by atoms with E-state index in [-0.39, 0.29) is 30.1 Å². The molecule has 0 aliphatic carbocycles. The van der Waals surface area contributed by atoms with Gasteiger partial charge < -0.3 is 20.6 Å². The van der Waals surface area contributed by atoms with Crippen LogP contribution < -0.4 is 10.6 Å². The topological polar surface area (TPSA) is 129 Å². The average molecular weight is 428 g/mol. The van der Waals surface area contributed by atoms with Gasteiger partial charge in [0.1, 0.15) is 17.8 Å². The summed E-state index contributed by atoms with van der Waals surface area (Å²) in [6.45, 7) is 4.96. The zero-order valence-electron chi connectivity index (χ0n) is 17.8. The van der Waals surface area contributed by atoms with Crippen molar-refractivity contribution in [1.29, 1.82) is 0 Å². The van der Waals surface area contributed by atoms with Crippen molar-refractivity contribution in [3.05, 3.63) is 35.5 Å². The molecule has 0 unspecified atom stereocenters. The molecule has 2 amide bonds. The van der Waals surface area contributed by atoms with Gasteiger partial charge in [-0.3, -0.25) is 19.2 Å². The Morgan fingerprint density at radius 2 is 2.13 bits per heavy atom. The van der Waals surface area contributed by atoms with E-state index in [2.05, 4.69) is 30.6 Å². The van der Waals surface area contributed by atoms with Crippen LogP contribution in [0.4, 0.5) is 5.82 Å². The molecule has 1 atom stereocenters. The van der Waals surface area contributed by atoms with Crippen LogP contribution in [-0.4, -0.2) is 91.3 Å². The van der Waals surface area contributed by atoms with Crippen LogP contribution in [0.2, 0.25) is 0 Å². The van der Waals surface area contributed by atoms with Crippen molar-refractivity contribution < 1.29 is 14.7 Å². The Bertz CT molecular complexity index is 956. The number of amides is 2. The maximum absolute atomic E-state index is 12.5. The van der Waals surface area contributed by atoms with E-state index in [0.717, 1.165) is 19.5 Å². The van der Waals surface area contributed by atoms with Crippen LogP contribution in [0.3, 0.4) is 0 Å². The van der Waals surface area contributed by atoms with Crippen molar-refractivity contribution in [2.75, 3.05) is 38.0 Å². The number of hydrogen-bond acceptors (Lipinski definition) is 8. The number of β-amino-alcohol motifs (C(OH)–C–C–N with tert-alkyl or cyclic N) is 1. The van der Waals surface area contributed by atoms with Crippen LogP contribution in [0.25, 0.3) is 0 Å². The third kappa shape index (κ3) is 5.00. The molecule has 4 heterocycles. The number of aliphatic hydroxyl groups is 1. The second-order valence-corrected chi connectivity index (χ2v) is 8.14. The standard InChI is InChI=1S/C20H28N8O3/c1-13(29)28-8-15(9-28)25-19-5-17(22-12-23-19)20(31)21-7-16(30)10-27-4-3-14-6-24-26(2)18(14)11-27/h5-6,12,15-16,30H,3-4,7-11H2,1-2H3,(H,21,31)(H,22,23,25)/t16-/m0/s1. The van der Waals surface area contributed by atoms with E-state index in [4.69, 9.17) is 0 Å². The molecule has 1 fully saturated rings. The smallest absolute Gasteiger partial charge is 0.270 e. The van der Waals surface area contributed by atoms with Gasteiger partial charge in [-0.1, -0.05) is 0 Å². The summed E-state index contributed by atoms with van der Waals surface area (Å²) in [4.78, 5) is 35.8. The summed E-state index contributed by atoms with van der Waals surface area (Å²) >= 11 is 0. The van der Waals surface area contributed by atoms with Gasteiger partial charge in [-0.25, -0.2) is 9.97 Å². The van der Waals surface area contributed by atoms with Crippen molar-refractivity contribution in [2.45, 2.75) is 32.0 Å². The zero-order chi connectivity index (χ0) is 22.0. The second kappa shape index (κ2) is 8.98. The molecular weight excluding hydrogens is 400 g/mol. The second-order valence-electron chi connectivity index (χ2n) is 8.14. The lowest BCUT2D eigenvalue weighted by molar-refractivity contribution is -0.132. The third-order valence-corrected chi connectivity index (χ3v) is 5.76. The van der Waals surface area contributed by atoms with Crippen molar-refractivity contribution >= 4 is 17.6 Å². The molecule has 0 saturated carbocycles. The van der Waals surface area contributed by atoms with Crippen LogP contribution >= 0.6 is 0 Å². The highest BCUT2D eigenvalue weighted by atomic mass is 16.3. The van der Waals surface area contributed by atoms with E-state index in [1.54, 1.807) is 17.9 Å². The summed E-state index contributed by atoms with van der Waals surface area (Å²) in [5.41, 5.74) is 2.65. The number of nitrogens with zero attached hydrogens (tertiary/aromatic N) is 6. The molecule has 2 aliphatic rings. The molecule has 166 valence electrons. The summed E-state index contributed by atoms with van der Waals surface area (Å²) in [6, 6.07) is 1.69. The fourth-order valence-corrected chi connectivity index (χ4v) is 3.91. The van der Waals surface area contributed by atoms with Gasteiger partial charge in [-0.2, -0.15) is 5.10 Å². The first-order chi connectivity index (χ1) is 14.9. The van der Waals surface area contributed by atoms with Crippen molar-refractivity contribution in [3.8, 4) is 0 Å². The summed E-state index contributed by atoms with van der Waals surface area (Å²) in [5, 5.41) is 20.6. The molecule has 3 N–H and O–H groups in total. The van der Waals surface area contributed by atoms with Crippen LogP contribution in [0.1, 0.15) is 28.7 Å². The van der Waals surface area contributed by atoms with Gasteiger partial charge in [0, 0.05) is 59.3 Å². The molecule has 0 aromatic carbocycles.